The van der Waals surface area contributed by atoms with Crippen LogP contribution in [0.15, 0.2) is 47.6 Å². The Bertz CT molecular complexity index is 770. The zero-order valence-electron chi connectivity index (χ0n) is 13.1. The number of carbonyl (C=O) groups is 1. The number of phenols is 1. The first kappa shape index (κ1) is 17.1. The zero-order chi connectivity index (χ0) is 17.5. The maximum atomic E-state index is 11.8. The predicted octanol–water partition coefficient (Wildman–Crippen LogP) is 2.56. The van der Waals surface area contributed by atoms with Crippen LogP contribution in [-0.2, 0) is 17.6 Å². The van der Waals surface area contributed by atoms with Gasteiger partial charge in [-0.25, -0.2) is 5.43 Å². The van der Waals surface area contributed by atoms with Crippen LogP contribution in [0.5, 0.6) is 5.75 Å². The lowest BCUT2D eigenvalue weighted by molar-refractivity contribution is -0.384. The van der Waals surface area contributed by atoms with Gasteiger partial charge in [-0.2, -0.15) is 5.10 Å². The highest BCUT2D eigenvalue weighted by Gasteiger charge is 2.09. The molecule has 0 fully saturated rings. The van der Waals surface area contributed by atoms with Crippen LogP contribution in [-0.4, -0.2) is 22.2 Å². The largest absolute Gasteiger partial charge is 0.507 e. The Morgan fingerprint density at radius 2 is 1.92 bits per heavy atom. The maximum absolute atomic E-state index is 11.8. The normalized spacial score (nSPS) is 10.7. The first-order valence-electron chi connectivity index (χ1n) is 7.36. The molecule has 0 aromatic heterocycles. The van der Waals surface area contributed by atoms with Gasteiger partial charge >= 0.3 is 0 Å². The average Bonchev–Trinajstić information content (AvgIpc) is 2.57. The first-order valence-corrected chi connectivity index (χ1v) is 7.36. The lowest BCUT2D eigenvalue weighted by Gasteiger charge is -2.02. The Hall–Kier alpha value is -3.22. The number of non-ortho nitro benzene ring substituents is 1. The molecule has 0 saturated heterocycles. The van der Waals surface area contributed by atoms with Gasteiger partial charge in [0.05, 0.1) is 17.6 Å². The van der Waals surface area contributed by atoms with Gasteiger partial charge in [0, 0.05) is 17.7 Å². The van der Waals surface area contributed by atoms with Crippen LogP contribution < -0.4 is 5.43 Å². The fourth-order valence-corrected chi connectivity index (χ4v) is 2.05. The quantitative estimate of drug-likeness (QED) is 0.483. The van der Waals surface area contributed by atoms with E-state index in [9.17, 15) is 20.0 Å². The Morgan fingerprint density at radius 1 is 1.25 bits per heavy atom. The van der Waals surface area contributed by atoms with Gasteiger partial charge in [0.2, 0.25) is 5.91 Å². The summed E-state index contributed by atoms with van der Waals surface area (Å²) < 4.78 is 0. The molecule has 7 nitrogen and oxygen atoms in total. The van der Waals surface area contributed by atoms with E-state index in [0.717, 1.165) is 12.0 Å². The second kappa shape index (κ2) is 7.87. The van der Waals surface area contributed by atoms with Gasteiger partial charge in [-0.1, -0.05) is 31.2 Å². The Kier molecular flexibility index (Phi) is 5.62. The van der Waals surface area contributed by atoms with Gasteiger partial charge in [-0.3, -0.25) is 14.9 Å². The lowest BCUT2D eigenvalue weighted by atomic mass is 10.1. The molecule has 0 aliphatic carbocycles. The van der Waals surface area contributed by atoms with Gasteiger partial charge < -0.3 is 5.11 Å². The van der Waals surface area contributed by atoms with Crippen molar-refractivity contribution in [1.29, 1.82) is 0 Å². The van der Waals surface area contributed by atoms with Crippen LogP contribution in [0.1, 0.15) is 23.6 Å². The topological polar surface area (TPSA) is 105 Å². The fraction of sp³-hybridized carbons (Fsp3) is 0.176. The number of aryl methyl sites for hydroxylation is 1. The third-order valence-corrected chi connectivity index (χ3v) is 3.41. The Morgan fingerprint density at radius 3 is 2.54 bits per heavy atom. The predicted molar refractivity (Wildman–Crippen MR) is 90.0 cm³/mol. The minimum absolute atomic E-state index is 0.150. The summed E-state index contributed by atoms with van der Waals surface area (Å²) in [5.41, 5.74) is 4.37. The fourth-order valence-electron chi connectivity index (χ4n) is 2.05. The van der Waals surface area contributed by atoms with Crippen molar-refractivity contribution in [3.8, 4) is 5.75 Å². The molecule has 0 unspecified atom stereocenters. The third kappa shape index (κ3) is 4.64. The first-order chi connectivity index (χ1) is 11.5. The number of hydrazone groups is 1. The van der Waals surface area contributed by atoms with Gasteiger partial charge in [-0.15, -0.1) is 0 Å². The molecule has 0 bridgehead atoms. The van der Waals surface area contributed by atoms with Crippen LogP contribution in [0.2, 0.25) is 0 Å². The molecule has 2 rings (SSSR count). The second-order valence-corrected chi connectivity index (χ2v) is 5.14. The molecule has 0 heterocycles. The summed E-state index contributed by atoms with van der Waals surface area (Å²) in [6.07, 6.45) is 2.27. The molecule has 0 spiro atoms. The number of benzene rings is 2. The number of nitro groups is 1. The molecule has 2 N–H and O–H groups in total. The molecule has 0 atom stereocenters. The van der Waals surface area contributed by atoms with Crippen molar-refractivity contribution >= 4 is 17.8 Å². The molecule has 1 amide bonds. The minimum atomic E-state index is -0.574. The summed E-state index contributed by atoms with van der Waals surface area (Å²) in [4.78, 5) is 22.0. The Labute approximate surface area is 138 Å². The highest BCUT2D eigenvalue weighted by molar-refractivity contribution is 5.86. The van der Waals surface area contributed by atoms with Crippen LogP contribution in [0.4, 0.5) is 5.69 Å². The van der Waals surface area contributed by atoms with Crippen LogP contribution in [0, 0.1) is 10.1 Å². The second-order valence-electron chi connectivity index (χ2n) is 5.14. The monoisotopic (exact) mass is 327 g/mol. The number of phenolic OH excluding ortho intramolecular Hbond substituents is 1. The van der Waals surface area contributed by atoms with Crippen molar-refractivity contribution in [3.63, 3.8) is 0 Å². The number of nitro benzene ring substituents is 1. The molecule has 0 aliphatic rings. The number of nitrogens with zero attached hydrogens (tertiary/aromatic N) is 2. The number of nitrogens with one attached hydrogen (secondary N) is 1. The van der Waals surface area contributed by atoms with E-state index in [-0.39, 0.29) is 29.3 Å². The van der Waals surface area contributed by atoms with Crippen LogP contribution >= 0.6 is 0 Å². The van der Waals surface area contributed by atoms with Crippen molar-refractivity contribution in [3.05, 3.63) is 69.3 Å². The third-order valence-electron chi connectivity index (χ3n) is 3.41. The average molecular weight is 327 g/mol. The van der Waals surface area contributed by atoms with E-state index in [1.807, 2.05) is 24.3 Å². The van der Waals surface area contributed by atoms with Crippen molar-refractivity contribution < 1.29 is 14.8 Å². The number of hydrogen-bond donors (Lipinski definition) is 2. The highest BCUT2D eigenvalue weighted by Crippen LogP contribution is 2.21. The minimum Gasteiger partial charge on any atom is -0.507 e. The molecule has 0 aliphatic heterocycles. The molecule has 0 radical (unpaired) electrons. The standard InChI is InChI=1S/C17H17N3O4/c1-2-12-3-5-13(6-4-12)9-17(22)19-18-11-14-10-15(20(23)24)7-8-16(14)21/h3-8,10-11,21H,2,9H2,1H3,(H,19,22)/b18-11+. The Balaban J connectivity index is 1.96. The van der Waals surface area contributed by atoms with Crippen molar-refractivity contribution in [2.75, 3.05) is 0 Å². The van der Waals surface area contributed by atoms with E-state index in [2.05, 4.69) is 17.5 Å². The van der Waals surface area contributed by atoms with E-state index < -0.39 is 4.92 Å². The molecule has 0 saturated carbocycles. The lowest BCUT2D eigenvalue weighted by Crippen LogP contribution is -2.19. The van der Waals surface area contributed by atoms with Gasteiger partial charge in [0.15, 0.2) is 0 Å². The van der Waals surface area contributed by atoms with Gasteiger partial charge in [0.25, 0.3) is 5.69 Å². The summed E-state index contributed by atoms with van der Waals surface area (Å²) in [5.74, 6) is -0.478. The van der Waals surface area contributed by atoms with E-state index in [4.69, 9.17) is 0 Å². The summed E-state index contributed by atoms with van der Waals surface area (Å²) in [6, 6.07) is 11.3. The van der Waals surface area contributed by atoms with E-state index in [0.29, 0.717) is 0 Å². The smallest absolute Gasteiger partial charge is 0.270 e. The van der Waals surface area contributed by atoms with E-state index >= 15 is 0 Å². The summed E-state index contributed by atoms with van der Waals surface area (Å²) in [7, 11) is 0. The van der Waals surface area contributed by atoms with Gasteiger partial charge in [0.1, 0.15) is 5.75 Å². The van der Waals surface area contributed by atoms with Gasteiger partial charge in [-0.05, 0) is 23.6 Å². The van der Waals surface area contributed by atoms with Crippen LogP contribution in [0.25, 0.3) is 0 Å². The zero-order valence-corrected chi connectivity index (χ0v) is 13.1. The SMILES string of the molecule is CCc1ccc(CC(=O)N/N=C/c2cc([N+](=O)[O-])ccc2O)cc1. The summed E-state index contributed by atoms with van der Waals surface area (Å²) in [5, 5.41) is 24.1. The number of carbonyl (C=O) groups excluding carboxylic acids is 1. The summed E-state index contributed by atoms with van der Waals surface area (Å²) >= 11 is 0. The van der Waals surface area contributed by atoms with E-state index in [1.54, 1.807) is 0 Å². The molecule has 7 heteroatoms. The molecule has 124 valence electrons. The molecule has 24 heavy (non-hydrogen) atoms. The van der Waals surface area contributed by atoms with E-state index in [1.165, 1.54) is 30.0 Å². The van der Waals surface area contributed by atoms with Crippen molar-refractivity contribution in [2.45, 2.75) is 19.8 Å². The van der Waals surface area contributed by atoms with Crippen LogP contribution in [0.3, 0.4) is 0 Å². The molecular weight excluding hydrogens is 310 g/mol. The molecular formula is C17H17N3O4. The molecule has 2 aromatic carbocycles. The number of amides is 1. The number of rotatable bonds is 6. The summed E-state index contributed by atoms with van der Waals surface area (Å²) in [6.45, 7) is 2.06. The van der Waals surface area contributed by atoms with Crippen molar-refractivity contribution in [2.24, 2.45) is 5.10 Å². The molecule has 2 aromatic rings. The maximum Gasteiger partial charge on any atom is 0.270 e. The highest BCUT2D eigenvalue weighted by atomic mass is 16.6. The number of aromatic hydroxyl groups is 1. The van der Waals surface area contributed by atoms with Crippen molar-refractivity contribution in [1.82, 2.24) is 5.43 Å². The number of hydrogen-bond acceptors (Lipinski definition) is 5.